The van der Waals surface area contributed by atoms with Gasteiger partial charge in [0.05, 0.1) is 5.01 Å². The highest BCUT2D eigenvalue weighted by molar-refractivity contribution is 7.09. The molecule has 1 amide bonds. The van der Waals surface area contributed by atoms with Crippen molar-refractivity contribution < 1.29 is 4.79 Å². The first-order valence-electron chi connectivity index (χ1n) is 5.59. The van der Waals surface area contributed by atoms with Gasteiger partial charge in [-0.3, -0.25) is 4.79 Å². The molecule has 0 saturated carbocycles. The van der Waals surface area contributed by atoms with Crippen LogP contribution in [0, 0.1) is 0 Å². The molecule has 1 heterocycles. The van der Waals surface area contributed by atoms with Crippen molar-refractivity contribution in [1.29, 1.82) is 0 Å². The molecule has 0 aliphatic rings. The minimum atomic E-state index is -0.0219. The maximum Gasteiger partial charge on any atom is 0.273 e. The van der Waals surface area contributed by atoms with Crippen molar-refractivity contribution in [3.8, 4) is 0 Å². The Hall–Kier alpha value is -0.980. The number of hydrogen-bond acceptors (Lipinski definition) is 5. The molecule has 0 radical (unpaired) electrons. The fraction of sp³-hybridized carbons (Fsp3) is 0.636. The lowest BCUT2D eigenvalue weighted by molar-refractivity contribution is 0.0781. The van der Waals surface area contributed by atoms with E-state index in [1.54, 1.807) is 17.3 Å². The number of amides is 1. The molecule has 1 aromatic rings. The third-order valence-corrected chi connectivity index (χ3v) is 3.27. The van der Waals surface area contributed by atoms with E-state index in [9.17, 15) is 4.79 Å². The van der Waals surface area contributed by atoms with Gasteiger partial charge in [0.2, 0.25) is 0 Å². The Kier molecular flexibility index (Phi) is 5.54. The van der Waals surface area contributed by atoms with Crippen LogP contribution in [0.3, 0.4) is 0 Å². The minimum absolute atomic E-state index is 0.0219. The van der Waals surface area contributed by atoms with E-state index in [-0.39, 0.29) is 5.91 Å². The molecule has 17 heavy (non-hydrogen) atoms. The quantitative estimate of drug-likeness (QED) is 0.794. The monoisotopic (exact) mass is 256 g/mol. The summed E-state index contributed by atoms with van der Waals surface area (Å²) in [4.78, 5) is 20.0. The van der Waals surface area contributed by atoms with Gasteiger partial charge in [0.1, 0.15) is 5.69 Å². The summed E-state index contributed by atoms with van der Waals surface area (Å²) in [5.41, 5.74) is 5.98. The van der Waals surface area contributed by atoms with Crippen LogP contribution in [0.25, 0.3) is 0 Å². The molecule has 0 fully saturated rings. The van der Waals surface area contributed by atoms with Gasteiger partial charge in [-0.25, -0.2) is 4.98 Å². The molecule has 5 nitrogen and oxygen atoms in total. The third kappa shape index (κ3) is 4.41. The van der Waals surface area contributed by atoms with Crippen LogP contribution in [0.1, 0.15) is 15.5 Å². The standard InChI is InChI=1S/C11H20N4OS/c1-14(2)6-7-15(3)11(16)9-8-17-10(13-9)4-5-12/h8H,4-7,12H2,1-3H3. The number of nitrogens with zero attached hydrogens (tertiary/aromatic N) is 3. The average Bonchev–Trinajstić information content (AvgIpc) is 2.74. The second kappa shape index (κ2) is 6.68. The molecule has 1 aromatic heterocycles. The van der Waals surface area contributed by atoms with Crippen LogP contribution >= 0.6 is 11.3 Å². The third-order valence-electron chi connectivity index (χ3n) is 2.36. The number of likely N-dealkylation sites (N-methyl/N-ethyl adjacent to an activating group) is 2. The van der Waals surface area contributed by atoms with Crippen LogP contribution in [0.5, 0.6) is 0 Å². The van der Waals surface area contributed by atoms with Gasteiger partial charge in [0.25, 0.3) is 5.91 Å². The van der Waals surface area contributed by atoms with Gasteiger partial charge in [-0.15, -0.1) is 11.3 Å². The summed E-state index contributed by atoms with van der Waals surface area (Å²) in [6.07, 6.45) is 0.735. The first kappa shape index (κ1) is 14.1. The summed E-state index contributed by atoms with van der Waals surface area (Å²) in [5.74, 6) is -0.0219. The molecule has 2 N–H and O–H groups in total. The molecule has 0 aliphatic carbocycles. The van der Waals surface area contributed by atoms with E-state index in [4.69, 9.17) is 5.73 Å². The van der Waals surface area contributed by atoms with Gasteiger partial charge in [-0.05, 0) is 20.6 Å². The van der Waals surface area contributed by atoms with E-state index >= 15 is 0 Å². The first-order valence-corrected chi connectivity index (χ1v) is 6.47. The van der Waals surface area contributed by atoms with Crippen LogP contribution in [-0.2, 0) is 6.42 Å². The van der Waals surface area contributed by atoms with E-state index in [0.29, 0.717) is 18.8 Å². The van der Waals surface area contributed by atoms with Crippen LogP contribution in [0.4, 0.5) is 0 Å². The molecule has 1 rings (SSSR count). The maximum atomic E-state index is 12.0. The summed E-state index contributed by atoms with van der Waals surface area (Å²) in [5, 5.41) is 2.73. The predicted octanol–water partition coefficient (Wildman–Crippen LogP) is 0.278. The molecule has 0 spiro atoms. The van der Waals surface area contributed by atoms with E-state index in [1.807, 2.05) is 19.0 Å². The Morgan fingerprint density at radius 1 is 1.41 bits per heavy atom. The van der Waals surface area contributed by atoms with Crippen molar-refractivity contribution in [3.05, 3.63) is 16.1 Å². The normalized spacial score (nSPS) is 10.9. The zero-order valence-corrected chi connectivity index (χ0v) is 11.5. The predicted molar refractivity (Wildman–Crippen MR) is 70.4 cm³/mol. The van der Waals surface area contributed by atoms with Crippen molar-refractivity contribution in [2.24, 2.45) is 5.73 Å². The number of aromatic nitrogens is 1. The zero-order chi connectivity index (χ0) is 12.8. The maximum absolute atomic E-state index is 12.0. The molecular weight excluding hydrogens is 236 g/mol. The summed E-state index contributed by atoms with van der Waals surface area (Å²) >= 11 is 1.50. The van der Waals surface area contributed by atoms with Crippen LogP contribution in [0.2, 0.25) is 0 Å². The highest BCUT2D eigenvalue weighted by Gasteiger charge is 2.15. The summed E-state index contributed by atoms with van der Waals surface area (Å²) in [7, 11) is 5.77. The SMILES string of the molecule is CN(C)CCN(C)C(=O)c1csc(CCN)n1. The molecule has 0 aromatic carbocycles. The molecule has 0 bridgehead atoms. The van der Waals surface area contributed by atoms with Gasteiger partial charge in [0.15, 0.2) is 0 Å². The Morgan fingerprint density at radius 3 is 2.71 bits per heavy atom. The largest absolute Gasteiger partial charge is 0.339 e. The van der Waals surface area contributed by atoms with E-state index in [0.717, 1.165) is 18.0 Å². The van der Waals surface area contributed by atoms with Crippen molar-refractivity contribution >= 4 is 17.2 Å². The fourth-order valence-corrected chi connectivity index (χ4v) is 2.08. The van der Waals surface area contributed by atoms with Crippen LogP contribution in [0.15, 0.2) is 5.38 Å². The number of rotatable bonds is 6. The molecule has 0 aliphatic heterocycles. The Morgan fingerprint density at radius 2 is 2.12 bits per heavy atom. The highest BCUT2D eigenvalue weighted by Crippen LogP contribution is 2.11. The Bertz CT molecular complexity index is 364. The van der Waals surface area contributed by atoms with Gasteiger partial charge in [0, 0.05) is 31.9 Å². The van der Waals surface area contributed by atoms with Crippen molar-refractivity contribution in [1.82, 2.24) is 14.8 Å². The molecular formula is C11H20N4OS. The van der Waals surface area contributed by atoms with Crippen molar-refractivity contribution in [2.75, 3.05) is 40.8 Å². The van der Waals surface area contributed by atoms with E-state index in [1.165, 1.54) is 11.3 Å². The summed E-state index contributed by atoms with van der Waals surface area (Å²) < 4.78 is 0. The number of hydrogen-bond donors (Lipinski definition) is 1. The molecule has 0 atom stereocenters. The topological polar surface area (TPSA) is 62.5 Å². The zero-order valence-electron chi connectivity index (χ0n) is 10.6. The van der Waals surface area contributed by atoms with Crippen molar-refractivity contribution in [2.45, 2.75) is 6.42 Å². The molecule has 6 heteroatoms. The van der Waals surface area contributed by atoms with Crippen LogP contribution < -0.4 is 5.73 Å². The van der Waals surface area contributed by atoms with Gasteiger partial charge < -0.3 is 15.5 Å². The van der Waals surface area contributed by atoms with Gasteiger partial charge in [-0.1, -0.05) is 0 Å². The summed E-state index contributed by atoms with van der Waals surface area (Å²) in [6.45, 7) is 2.12. The second-order valence-electron chi connectivity index (χ2n) is 4.20. The molecule has 0 unspecified atom stereocenters. The second-order valence-corrected chi connectivity index (χ2v) is 5.14. The minimum Gasteiger partial charge on any atom is -0.339 e. The van der Waals surface area contributed by atoms with Crippen molar-refractivity contribution in [3.63, 3.8) is 0 Å². The number of carbonyl (C=O) groups is 1. The van der Waals surface area contributed by atoms with Gasteiger partial charge >= 0.3 is 0 Å². The lowest BCUT2D eigenvalue weighted by atomic mass is 10.4. The van der Waals surface area contributed by atoms with E-state index in [2.05, 4.69) is 4.98 Å². The highest BCUT2D eigenvalue weighted by atomic mass is 32.1. The summed E-state index contributed by atoms with van der Waals surface area (Å²) in [6, 6.07) is 0. The number of thiazole rings is 1. The van der Waals surface area contributed by atoms with Gasteiger partial charge in [-0.2, -0.15) is 0 Å². The molecule has 0 saturated heterocycles. The van der Waals surface area contributed by atoms with E-state index < -0.39 is 0 Å². The fourth-order valence-electron chi connectivity index (χ4n) is 1.29. The number of nitrogens with two attached hydrogens (primary N) is 1. The average molecular weight is 256 g/mol. The Labute approximate surface area is 106 Å². The molecule has 96 valence electrons. The lowest BCUT2D eigenvalue weighted by Crippen LogP contribution is -2.33. The Balaban J connectivity index is 2.55. The first-order chi connectivity index (χ1) is 8.04. The lowest BCUT2D eigenvalue weighted by Gasteiger charge is -2.18. The smallest absolute Gasteiger partial charge is 0.273 e. The van der Waals surface area contributed by atoms with Crippen LogP contribution in [-0.4, -0.2) is 61.5 Å². The number of carbonyl (C=O) groups excluding carboxylic acids is 1.